The van der Waals surface area contributed by atoms with E-state index in [1.807, 2.05) is 19.9 Å². The Bertz CT molecular complexity index is 1310. The second kappa shape index (κ2) is 9.86. The second-order valence-electron chi connectivity index (χ2n) is 7.35. The number of aryl methyl sites for hydroxylation is 2. The zero-order valence-electron chi connectivity index (χ0n) is 18.8. The first-order valence-electron chi connectivity index (χ1n) is 10.3. The number of esters is 1. The number of anilines is 2. The Morgan fingerprint density at radius 3 is 2.55 bits per heavy atom. The average Bonchev–Trinajstić information content (AvgIpc) is 3.09. The maximum atomic E-state index is 12.7. The van der Waals surface area contributed by atoms with E-state index in [2.05, 4.69) is 10.3 Å². The number of sulfonamides is 1. The molecule has 1 aromatic carbocycles. The van der Waals surface area contributed by atoms with Crippen LogP contribution in [-0.4, -0.2) is 49.3 Å². The number of aromatic nitrogens is 1. The molecule has 0 aliphatic heterocycles. The zero-order valence-corrected chi connectivity index (χ0v) is 20.5. The molecule has 0 saturated carbocycles. The van der Waals surface area contributed by atoms with Crippen molar-refractivity contribution in [1.82, 2.24) is 9.29 Å². The summed E-state index contributed by atoms with van der Waals surface area (Å²) in [4.78, 5) is 30.1. The lowest BCUT2D eigenvalue weighted by Gasteiger charge is -2.18. The van der Waals surface area contributed by atoms with E-state index in [1.165, 1.54) is 22.5 Å². The van der Waals surface area contributed by atoms with E-state index in [0.29, 0.717) is 23.3 Å². The molecule has 0 aliphatic carbocycles. The third kappa shape index (κ3) is 5.15. The molecule has 0 fully saturated rings. The molecule has 11 heteroatoms. The summed E-state index contributed by atoms with van der Waals surface area (Å²) >= 11 is 1.11. The van der Waals surface area contributed by atoms with Crippen LogP contribution in [0.25, 0.3) is 10.2 Å². The summed E-state index contributed by atoms with van der Waals surface area (Å²) in [5, 5.41) is 3.26. The number of carbonyl (C=O) groups excluding carboxylic acids is 2. The van der Waals surface area contributed by atoms with Gasteiger partial charge in [0, 0.05) is 29.9 Å². The number of carbonyl (C=O) groups is 2. The number of hydrogen-bond donors (Lipinski definition) is 2. The molecule has 3 N–H and O–H groups in total. The lowest BCUT2D eigenvalue weighted by molar-refractivity contribution is -0.119. The van der Waals surface area contributed by atoms with E-state index in [9.17, 15) is 18.0 Å². The molecule has 1 amide bonds. The van der Waals surface area contributed by atoms with Crippen molar-refractivity contribution in [1.29, 1.82) is 0 Å². The van der Waals surface area contributed by atoms with Gasteiger partial charge in [0.2, 0.25) is 10.0 Å². The van der Waals surface area contributed by atoms with E-state index in [-0.39, 0.29) is 21.1 Å². The molecule has 176 valence electrons. The van der Waals surface area contributed by atoms with Crippen molar-refractivity contribution in [2.75, 3.05) is 30.7 Å². The highest BCUT2D eigenvalue weighted by Gasteiger charge is 2.23. The number of ether oxygens (including phenoxy) is 1. The van der Waals surface area contributed by atoms with Crippen molar-refractivity contribution >= 4 is 54.8 Å². The lowest BCUT2D eigenvalue weighted by atomic mass is 10.1. The van der Waals surface area contributed by atoms with Gasteiger partial charge in [0.25, 0.3) is 5.91 Å². The summed E-state index contributed by atoms with van der Waals surface area (Å²) in [5.74, 6) is -1.33. The average molecular weight is 491 g/mol. The van der Waals surface area contributed by atoms with Crippen LogP contribution < -0.4 is 11.1 Å². The molecule has 0 bridgehead atoms. The fourth-order valence-corrected chi connectivity index (χ4v) is 6.08. The standard InChI is InChI=1S/C22H26N4O5S2/c1-5-26(6-2)33(29,30)16-9-7-8-15(11-16)25-17(27)12-31-22(28)20-19(23)18-13(3)10-14(4)24-21(18)32-20/h7-11H,5-6,12,23H2,1-4H3,(H,25,27). The first-order valence-corrected chi connectivity index (χ1v) is 12.6. The Hall–Kier alpha value is -3.02. The van der Waals surface area contributed by atoms with Crippen LogP contribution in [0.4, 0.5) is 11.4 Å². The van der Waals surface area contributed by atoms with Crippen molar-refractivity contribution in [2.24, 2.45) is 0 Å². The molecule has 2 aromatic heterocycles. The highest BCUT2D eigenvalue weighted by molar-refractivity contribution is 7.89. The van der Waals surface area contributed by atoms with Crippen molar-refractivity contribution in [3.05, 3.63) is 46.5 Å². The first-order chi connectivity index (χ1) is 15.6. The fraction of sp³-hybridized carbons (Fsp3) is 0.318. The monoisotopic (exact) mass is 490 g/mol. The topological polar surface area (TPSA) is 132 Å². The minimum absolute atomic E-state index is 0.0669. The molecule has 0 unspecified atom stereocenters. The number of nitrogens with one attached hydrogen (secondary N) is 1. The number of fused-ring (bicyclic) bond motifs is 1. The van der Waals surface area contributed by atoms with Crippen LogP contribution in [0.3, 0.4) is 0 Å². The zero-order chi connectivity index (χ0) is 24.3. The van der Waals surface area contributed by atoms with Gasteiger partial charge in [-0.3, -0.25) is 4.79 Å². The molecule has 3 aromatic rings. The Balaban J connectivity index is 1.69. The van der Waals surface area contributed by atoms with E-state index in [0.717, 1.165) is 22.6 Å². The number of thiophene rings is 1. The van der Waals surface area contributed by atoms with Crippen LogP contribution in [0.2, 0.25) is 0 Å². The predicted molar refractivity (Wildman–Crippen MR) is 129 cm³/mol. The molecule has 0 atom stereocenters. The van der Waals surface area contributed by atoms with Crippen LogP contribution in [0.15, 0.2) is 35.2 Å². The van der Waals surface area contributed by atoms with Crippen molar-refractivity contribution in [3.63, 3.8) is 0 Å². The number of pyridine rings is 1. The molecule has 0 saturated heterocycles. The van der Waals surface area contributed by atoms with Crippen LogP contribution in [0.1, 0.15) is 34.8 Å². The summed E-state index contributed by atoms with van der Waals surface area (Å²) < 4.78 is 31.8. The van der Waals surface area contributed by atoms with Crippen LogP contribution in [-0.2, 0) is 19.6 Å². The summed E-state index contributed by atoms with van der Waals surface area (Å²) in [6.45, 7) is 7.36. The summed E-state index contributed by atoms with van der Waals surface area (Å²) in [5.41, 5.74) is 8.41. The SMILES string of the molecule is CCN(CC)S(=O)(=O)c1cccc(NC(=O)COC(=O)c2sc3nc(C)cc(C)c3c2N)c1. The molecule has 33 heavy (non-hydrogen) atoms. The van der Waals surface area contributed by atoms with Crippen LogP contribution in [0, 0.1) is 13.8 Å². The van der Waals surface area contributed by atoms with Gasteiger partial charge in [-0.2, -0.15) is 4.31 Å². The van der Waals surface area contributed by atoms with E-state index < -0.39 is 28.5 Å². The molecule has 0 aliphatic rings. The number of benzene rings is 1. The van der Waals surface area contributed by atoms with Gasteiger partial charge in [0.1, 0.15) is 9.71 Å². The largest absolute Gasteiger partial charge is 0.451 e. The Morgan fingerprint density at radius 2 is 1.88 bits per heavy atom. The number of hydrogen-bond acceptors (Lipinski definition) is 8. The van der Waals surface area contributed by atoms with Gasteiger partial charge in [0.15, 0.2) is 6.61 Å². The Kier molecular flexibility index (Phi) is 7.35. The van der Waals surface area contributed by atoms with Gasteiger partial charge in [-0.15, -0.1) is 11.3 Å². The van der Waals surface area contributed by atoms with Gasteiger partial charge in [-0.25, -0.2) is 18.2 Å². The number of nitrogens with zero attached hydrogens (tertiary/aromatic N) is 2. The molecule has 2 heterocycles. The molecule has 3 rings (SSSR count). The molecular formula is C22H26N4O5S2. The number of nitrogen functional groups attached to an aromatic ring is 1. The first kappa shape index (κ1) is 24.6. The fourth-order valence-electron chi connectivity index (χ4n) is 3.46. The second-order valence-corrected chi connectivity index (χ2v) is 10.3. The van der Waals surface area contributed by atoms with Crippen molar-refractivity contribution in [2.45, 2.75) is 32.6 Å². The Morgan fingerprint density at radius 1 is 1.18 bits per heavy atom. The van der Waals surface area contributed by atoms with Gasteiger partial charge < -0.3 is 15.8 Å². The maximum Gasteiger partial charge on any atom is 0.351 e. The Labute approximate surface area is 196 Å². The third-order valence-electron chi connectivity index (χ3n) is 5.00. The molecule has 0 spiro atoms. The summed E-state index contributed by atoms with van der Waals surface area (Å²) in [7, 11) is -3.67. The minimum Gasteiger partial charge on any atom is -0.451 e. The molecular weight excluding hydrogens is 464 g/mol. The highest BCUT2D eigenvalue weighted by atomic mass is 32.2. The smallest absolute Gasteiger partial charge is 0.351 e. The highest BCUT2D eigenvalue weighted by Crippen LogP contribution is 2.35. The van der Waals surface area contributed by atoms with E-state index in [1.54, 1.807) is 19.9 Å². The molecule has 0 radical (unpaired) electrons. The van der Waals surface area contributed by atoms with Crippen molar-refractivity contribution in [3.8, 4) is 0 Å². The van der Waals surface area contributed by atoms with Gasteiger partial charge in [-0.05, 0) is 43.7 Å². The van der Waals surface area contributed by atoms with Gasteiger partial charge in [0.05, 0.1) is 10.6 Å². The normalized spacial score (nSPS) is 11.7. The van der Waals surface area contributed by atoms with Crippen LogP contribution >= 0.6 is 11.3 Å². The van der Waals surface area contributed by atoms with Gasteiger partial charge in [-0.1, -0.05) is 19.9 Å². The number of rotatable bonds is 8. The quantitative estimate of drug-likeness (QED) is 0.463. The van der Waals surface area contributed by atoms with E-state index >= 15 is 0 Å². The minimum atomic E-state index is -3.67. The van der Waals surface area contributed by atoms with Crippen molar-refractivity contribution < 1.29 is 22.7 Å². The predicted octanol–water partition coefficient (Wildman–Crippen LogP) is 3.32. The maximum absolute atomic E-state index is 12.7. The van der Waals surface area contributed by atoms with Gasteiger partial charge >= 0.3 is 5.97 Å². The van der Waals surface area contributed by atoms with E-state index in [4.69, 9.17) is 10.5 Å². The number of nitrogens with two attached hydrogens (primary N) is 1. The number of amides is 1. The summed E-state index contributed by atoms with van der Waals surface area (Å²) in [6, 6.07) is 7.80. The summed E-state index contributed by atoms with van der Waals surface area (Å²) in [6.07, 6.45) is 0. The lowest BCUT2D eigenvalue weighted by Crippen LogP contribution is -2.30. The molecule has 9 nitrogen and oxygen atoms in total. The third-order valence-corrected chi connectivity index (χ3v) is 8.13. The van der Waals surface area contributed by atoms with Crippen LogP contribution in [0.5, 0.6) is 0 Å².